The van der Waals surface area contributed by atoms with Gasteiger partial charge in [0.15, 0.2) is 11.5 Å². The van der Waals surface area contributed by atoms with Crippen LogP contribution in [0.25, 0.3) is 0 Å². The minimum atomic E-state index is -1.15. The third kappa shape index (κ3) is 4.37. The SMILES string of the molecule is CCOc1ccc(CCN2C[C@H](C(=O)[O-])CC2=O)cc1OCC. The summed E-state index contributed by atoms with van der Waals surface area (Å²) in [5.74, 6) is -0.586. The van der Waals surface area contributed by atoms with Crippen molar-refractivity contribution in [3.05, 3.63) is 23.8 Å². The molecule has 1 saturated heterocycles. The molecule has 1 fully saturated rings. The molecule has 2 rings (SSSR count). The van der Waals surface area contributed by atoms with Gasteiger partial charge in [-0.2, -0.15) is 0 Å². The number of hydrogen-bond donors (Lipinski definition) is 0. The van der Waals surface area contributed by atoms with Crippen molar-refractivity contribution in [3.8, 4) is 11.5 Å². The maximum absolute atomic E-state index is 11.8. The predicted molar refractivity (Wildman–Crippen MR) is 82.2 cm³/mol. The molecule has 1 amide bonds. The third-order valence-corrected chi connectivity index (χ3v) is 3.83. The Balaban J connectivity index is 1.99. The Kier molecular flexibility index (Phi) is 5.84. The highest BCUT2D eigenvalue weighted by atomic mass is 16.5. The van der Waals surface area contributed by atoms with E-state index >= 15 is 0 Å². The molecule has 0 spiro atoms. The number of likely N-dealkylation sites (tertiary alicyclic amines) is 1. The van der Waals surface area contributed by atoms with E-state index in [1.54, 1.807) is 4.90 Å². The smallest absolute Gasteiger partial charge is 0.223 e. The molecule has 1 atom stereocenters. The zero-order valence-corrected chi connectivity index (χ0v) is 13.5. The lowest BCUT2D eigenvalue weighted by Gasteiger charge is -2.18. The van der Waals surface area contributed by atoms with Crippen molar-refractivity contribution in [1.82, 2.24) is 4.90 Å². The topological polar surface area (TPSA) is 78.9 Å². The molecule has 126 valence electrons. The Morgan fingerprint density at radius 2 is 1.96 bits per heavy atom. The van der Waals surface area contributed by atoms with Gasteiger partial charge in [-0.3, -0.25) is 4.79 Å². The van der Waals surface area contributed by atoms with E-state index in [1.807, 2.05) is 32.0 Å². The van der Waals surface area contributed by atoms with Crippen LogP contribution in [-0.4, -0.2) is 43.1 Å². The molecule has 0 aliphatic carbocycles. The summed E-state index contributed by atoms with van der Waals surface area (Å²) < 4.78 is 11.1. The number of carbonyl (C=O) groups excluding carboxylic acids is 2. The van der Waals surface area contributed by atoms with E-state index < -0.39 is 11.9 Å². The van der Waals surface area contributed by atoms with Crippen molar-refractivity contribution in [2.45, 2.75) is 26.7 Å². The van der Waals surface area contributed by atoms with Gasteiger partial charge in [-0.25, -0.2) is 0 Å². The van der Waals surface area contributed by atoms with Crippen LogP contribution in [-0.2, 0) is 16.0 Å². The Morgan fingerprint density at radius 1 is 1.26 bits per heavy atom. The van der Waals surface area contributed by atoms with Gasteiger partial charge in [0.05, 0.1) is 13.2 Å². The van der Waals surface area contributed by atoms with E-state index in [2.05, 4.69) is 0 Å². The number of carbonyl (C=O) groups is 2. The first-order chi connectivity index (χ1) is 11.0. The minimum Gasteiger partial charge on any atom is -0.550 e. The molecule has 1 aromatic carbocycles. The molecular formula is C17H22NO5-. The fraction of sp³-hybridized carbons (Fsp3) is 0.529. The highest BCUT2D eigenvalue weighted by Crippen LogP contribution is 2.29. The summed E-state index contributed by atoms with van der Waals surface area (Å²) >= 11 is 0. The summed E-state index contributed by atoms with van der Waals surface area (Å²) in [5.41, 5.74) is 1.02. The Morgan fingerprint density at radius 3 is 2.57 bits per heavy atom. The van der Waals surface area contributed by atoms with Gasteiger partial charge in [0.2, 0.25) is 5.91 Å². The minimum absolute atomic E-state index is 0.0375. The first-order valence-electron chi connectivity index (χ1n) is 7.92. The molecule has 0 aromatic heterocycles. The van der Waals surface area contributed by atoms with Gasteiger partial charge in [0.1, 0.15) is 0 Å². The van der Waals surface area contributed by atoms with Crippen LogP contribution in [0.3, 0.4) is 0 Å². The van der Waals surface area contributed by atoms with Gasteiger partial charge in [0.25, 0.3) is 0 Å². The molecule has 0 saturated carbocycles. The van der Waals surface area contributed by atoms with Gasteiger partial charge in [-0.1, -0.05) is 6.07 Å². The zero-order chi connectivity index (χ0) is 16.8. The predicted octanol–water partition coefficient (Wildman–Crippen LogP) is 0.625. The van der Waals surface area contributed by atoms with Gasteiger partial charge in [-0.05, 0) is 38.0 Å². The molecule has 1 aliphatic heterocycles. The van der Waals surface area contributed by atoms with Crippen LogP contribution in [0, 0.1) is 5.92 Å². The van der Waals surface area contributed by atoms with E-state index in [9.17, 15) is 14.7 Å². The fourth-order valence-electron chi connectivity index (χ4n) is 2.66. The zero-order valence-electron chi connectivity index (χ0n) is 13.5. The Bertz CT molecular complexity index is 572. The third-order valence-electron chi connectivity index (χ3n) is 3.83. The number of amides is 1. The van der Waals surface area contributed by atoms with Crippen LogP contribution in [0.15, 0.2) is 18.2 Å². The number of aliphatic carboxylic acids is 1. The standard InChI is InChI=1S/C17H23NO5/c1-3-22-14-6-5-12(9-15(14)23-4-2)7-8-18-11-13(17(20)21)10-16(18)19/h5-6,9,13H,3-4,7-8,10-11H2,1-2H3,(H,20,21)/p-1/t13-/m1/s1. The van der Waals surface area contributed by atoms with Gasteiger partial charge in [-0.15, -0.1) is 0 Å². The lowest BCUT2D eigenvalue weighted by Crippen LogP contribution is -2.34. The number of nitrogens with zero attached hydrogens (tertiary/aromatic N) is 1. The molecule has 6 heteroatoms. The first kappa shape index (κ1) is 17.1. The number of hydrogen-bond acceptors (Lipinski definition) is 5. The molecular weight excluding hydrogens is 298 g/mol. The second-order valence-corrected chi connectivity index (χ2v) is 5.46. The summed E-state index contributed by atoms with van der Waals surface area (Å²) in [4.78, 5) is 24.3. The first-order valence-corrected chi connectivity index (χ1v) is 7.92. The Labute approximate surface area is 136 Å². The van der Waals surface area contributed by atoms with E-state index in [4.69, 9.17) is 9.47 Å². The molecule has 23 heavy (non-hydrogen) atoms. The molecule has 1 aliphatic rings. The second kappa shape index (κ2) is 7.85. The van der Waals surface area contributed by atoms with Gasteiger partial charge in [0, 0.05) is 31.4 Å². The maximum atomic E-state index is 11.8. The average molecular weight is 320 g/mol. The summed E-state index contributed by atoms with van der Waals surface area (Å²) in [6.07, 6.45) is 0.674. The lowest BCUT2D eigenvalue weighted by molar-refractivity contribution is -0.311. The summed E-state index contributed by atoms with van der Waals surface area (Å²) in [5, 5.41) is 10.9. The van der Waals surface area contributed by atoms with Crippen molar-refractivity contribution in [1.29, 1.82) is 0 Å². The van der Waals surface area contributed by atoms with E-state index in [1.165, 1.54) is 0 Å². The molecule has 6 nitrogen and oxygen atoms in total. The summed E-state index contributed by atoms with van der Waals surface area (Å²) in [6, 6.07) is 5.70. The number of carboxylic acid groups (broad SMARTS) is 1. The van der Waals surface area contributed by atoms with Crippen molar-refractivity contribution in [3.63, 3.8) is 0 Å². The van der Waals surface area contributed by atoms with E-state index in [0.717, 1.165) is 5.56 Å². The molecule has 0 bridgehead atoms. The average Bonchev–Trinajstić information content (AvgIpc) is 2.89. The maximum Gasteiger partial charge on any atom is 0.223 e. The van der Waals surface area contributed by atoms with Crippen molar-refractivity contribution >= 4 is 11.9 Å². The van der Waals surface area contributed by atoms with Crippen LogP contribution in [0.4, 0.5) is 0 Å². The molecule has 1 heterocycles. The van der Waals surface area contributed by atoms with Crippen LogP contribution in [0.1, 0.15) is 25.8 Å². The quantitative estimate of drug-likeness (QED) is 0.702. The molecule has 0 N–H and O–H groups in total. The number of ether oxygens (including phenoxy) is 2. The fourth-order valence-corrected chi connectivity index (χ4v) is 2.66. The number of benzene rings is 1. The van der Waals surface area contributed by atoms with Crippen molar-refractivity contribution in [2.24, 2.45) is 5.92 Å². The van der Waals surface area contributed by atoms with Crippen molar-refractivity contribution < 1.29 is 24.2 Å². The van der Waals surface area contributed by atoms with E-state index in [0.29, 0.717) is 37.7 Å². The normalized spacial score (nSPS) is 17.4. The summed E-state index contributed by atoms with van der Waals surface area (Å²) in [7, 11) is 0. The summed E-state index contributed by atoms with van der Waals surface area (Å²) in [6.45, 7) is 5.65. The largest absolute Gasteiger partial charge is 0.550 e. The molecule has 0 unspecified atom stereocenters. The van der Waals surface area contributed by atoms with Gasteiger partial charge >= 0.3 is 0 Å². The number of carboxylic acids is 1. The second-order valence-electron chi connectivity index (χ2n) is 5.46. The monoisotopic (exact) mass is 320 g/mol. The van der Waals surface area contributed by atoms with Crippen LogP contribution >= 0.6 is 0 Å². The van der Waals surface area contributed by atoms with Crippen molar-refractivity contribution in [2.75, 3.05) is 26.3 Å². The van der Waals surface area contributed by atoms with Crippen LogP contribution in [0.5, 0.6) is 11.5 Å². The highest BCUT2D eigenvalue weighted by Gasteiger charge is 2.29. The molecule has 1 aromatic rings. The van der Waals surface area contributed by atoms with Crippen LogP contribution < -0.4 is 14.6 Å². The van der Waals surface area contributed by atoms with Gasteiger partial charge < -0.3 is 24.3 Å². The Hall–Kier alpha value is -2.24. The lowest BCUT2D eigenvalue weighted by atomic mass is 10.1. The highest BCUT2D eigenvalue weighted by molar-refractivity contribution is 5.85. The van der Waals surface area contributed by atoms with Crippen LogP contribution in [0.2, 0.25) is 0 Å². The van der Waals surface area contributed by atoms with E-state index in [-0.39, 0.29) is 18.9 Å². The number of rotatable bonds is 8. The molecule has 0 radical (unpaired) electrons.